The molecule has 51 heavy (non-hydrogen) atoms. The van der Waals surface area contributed by atoms with Gasteiger partial charge >= 0.3 is 0 Å². The van der Waals surface area contributed by atoms with E-state index in [9.17, 15) is 5.11 Å². The largest absolute Gasteiger partial charge is 0.387 e. The van der Waals surface area contributed by atoms with Crippen LogP contribution in [0.2, 0.25) is 0 Å². The average molecular weight is 697 g/mol. The standard InChI is InChI=1S/C40H40O11/c41-30-31-28(22-43-36(47-31)25-15-7-2-8-16-25)46-40-33(30)49-38(27-19-11-4-12-20-27)51-35-34(50-40)32-29(23-44-37(48-32)26-17-9-3-10-18-26)45-39(35)42-21-24-13-5-1-6-14-24/h1-20,28-41H,21-23H2/t28-,29-,30+,31-,32-,33-,34+,35-,36?,37?,38-,39-,40+/m1/s1. The van der Waals surface area contributed by atoms with Gasteiger partial charge in [0, 0.05) is 16.7 Å². The molecule has 0 aliphatic carbocycles. The van der Waals surface area contributed by atoms with E-state index in [2.05, 4.69) is 0 Å². The third kappa shape index (κ3) is 6.88. The topological polar surface area (TPSA) is 113 Å². The molecule has 0 bridgehead atoms. The highest BCUT2D eigenvalue weighted by Gasteiger charge is 2.58. The quantitative estimate of drug-likeness (QED) is 0.290. The van der Waals surface area contributed by atoms with Crippen molar-refractivity contribution in [3.8, 4) is 0 Å². The molecular weight excluding hydrogens is 656 g/mol. The van der Waals surface area contributed by atoms with Crippen molar-refractivity contribution in [2.75, 3.05) is 13.2 Å². The monoisotopic (exact) mass is 696 g/mol. The van der Waals surface area contributed by atoms with Crippen molar-refractivity contribution in [2.24, 2.45) is 0 Å². The maximum atomic E-state index is 12.0. The molecule has 13 atom stereocenters. The lowest BCUT2D eigenvalue weighted by Crippen LogP contribution is -2.69. The van der Waals surface area contributed by atoms with Crippen LogP contribution in [0.1, 0.15) is 41.1 Å². The fraction of sp³-hybridized carbons (Fsp3) is 0.400. The number of ether oxygens (including phenoxy) is 10. The molecule has 0 amide bonds. The zero-order valence-corrected chi connectivity index (χ0v) is 27.7. The van der Waals surface area contributed by atoms with Crippen LogP contribution >= 0.6 is 0 Å². The van der Waals surface area contributed by atoms with E-state index in [4.69, 9.17) is 47.4 Å². The van der Waals surface area contributed by atoms with Crippen LogP contribution in [-0.2, 0) is 54.0 Å². The molecule has 11 nitrogen and oxygen atoms in total. The van der Waals surface area contributed by atoms with Gasteiger partial charge in [-0.25, -0.2) is 0 Å². The summed E-state index contributed by atoms with van der Waals surface area (Å²) in [5.74, 6) is 0. The van der Waals surface area contributed by atoms with E-state index >= 15 is 0 Å². The van der Waals surface area contributed by atoms with Gasteiger partial charge in [-0.15, -0.1) is 0 Å². The lowest BCUT2D eigenvalue weighted by molar-refractivity contribution is -0.443. The van der Waals surface area contributed by atoms with E-state index in [1.54, 1.807) is 0 Å². The Kier molecular flexibility index (Phi) is 9.67. The van der Waals surface area contributed by atoms with E-state index < -0.39 is 80.3 Å². The molecule has 5 heterocycles. The van der Waals surface area contributed by atoms with Crippen molar-refractivity contribution < 1.29 is 52.5 Å². The Morgan fingerprint density at radius 2 is 0.961 bits per heavy atom. The lowest BCUT2D eigenvalue weighted by atomic mass is 9.94. The van der Waals surface area contributed by atoms with Gasteiger partial charge in [0.1, 0.15) is 48.8 Å². The van der Waals surface area contributed by atoms with Gasteiger partial charge < -0.3 is 52.5 Å². The van der Waals surface area contributed by atoms with Crippen molar-refractivity contribution in [1.29, 1.82) is 0 Å². The summed E-state index contributed by atoms with van der Waals surface area (Å²) in [6, 6.07) is 38.7. The van der Waals surface area contributed by atoms with Crippen LogP contribution in [0.4, 0.5) is 0 Å². The van der Waals surface area contributed by atoms with Gasteiger partial charge in [-0.1, -0.05) is 121 Å². The van der Waals surface area contributed by atoms with Gasteiger partial charge in [0.05, 0.1) is 19.8 Å². The van der Waals surface area contributed by atoms with Gasteiger partial charge in [-0.05, 0) is 5.56 Å². The van der Waals surface area contributed by atoms with Crippen LogP contribution in [0, 0.1) is 0 Å². The minimum Gasteiger partial charge on any atom is -0.387 e. The highest BCUT2D eigenvalue weighted by Crippen LogP contribution is 2.44. The first-order valence-electron chi connectivity index (χ1n) is 17.5. The summed E-state index contributed by atoms with van der Waals surface area (Å²) in [6.45, 7) is 0.674. The molecule has 0 radical (unpaired) electrons. The SMILES string of the molecule is O[C@@H]1[C@H]2O[C@@H](c3ccccc3)O[C@H]3[C@H](OCc4ccccc4)O[C@@H]4COC(c5ccccc5)O[C@H]4[C@@H]3O[C@@H]2O[C@@H]2COC(c3ccccc3)O[C@@H]12. The highest BCUT2D eigenvalue weighted by molar-refractivity contribution is 5.20. The van der Waals surface area contributed by atoms with E-state index in [-0.39, 0.29) is 19.8 Å². The fourth-order valence-corrected chi connectivity index (χ4v) is 7.35. The Balaban J connectivity index is 1.05. The fourth-order valence-electron chi connectivity index (χ4n) is 7.35. The summed E-state index contributed by atoms with van der Waals surface area (Å²) in [7, 11) is 0. The highest BCUT2D eigenvalue weighted by atomic mass is 16.8. The molecule has 5 aliphatic rings. The molecule has 0 spiro atoms. The van der Waals surface area contributed by atoms with Gasteiger partial charge in [-0.3, -0.25) is 0 Å². The molecule has 1 N–H and O–H groups in total. The molecule has 5 saturated heterocycles. The molecule has 11 heteroatoms. The Hall–Kier alpha value is -3.56. The van der Waals surface area contributed by atoms with Gasteiger partial charge in [0.25, 0.3) is 0 Å². The molecule has 5 aliphatic heterocycles. The van der Waals surface area contributed by atoms with E-state index in [1.165, 1.54) is 0 Å². The van der Waals surface area contributed by atoms with Crippen molar-refractivity contribution >= 4 is 0 Å². The van der Waals surface area contributed by atoms with Crippen LogP contribution in [-0.4, -0.2) is 79.7 Å². The van der Waals surface area contributed by atoms with Gasteiger partial charge in [0.2, 0.25) is 0 Å². The smallest absolute Gasteiger partial charge is 0.187 e. The Morgan fingerprint density at radius 3 is 1.57 bits per heavy atom. The molecular formula is C40H40O11. The Bertz CT molecular complexity index is 1700. The second-order valence-corrected chi connectivity index (χ2v) is 13.3. The molecule has 9 rings (SSSR count). The van der Waals surface area contributed by atoms with Crippen LogP contribution in [0.25, 0.3) is 0 Å². The number of hydrogen-bond donors (Lipinski definition) is 1. The van der Waals surface area contributed by atoms with Crippen LogP contribution < -0.4 is 0 Å². The summed E-state index contributed by atoms with van der Waals surface area (Å²) in [6.07, 6.45) is -10.6. The van der Waals surface area contributed by atoms with Crippen LogP contribution in [0.3, 0.4) is 0 Å². The van der Waals surface area contributed by atoms with Gasteiger partial charge in [-0.2, -0.15) is 0 Å². The maximum absolute atomic E-state index is 12.0. The predicted octanol–water partition coefficient (Wildman–Crippen LogP) is 5.11. The predicted molar refractivity (Wildman–Crippen MR) is 178 cm³/mol. The van der Waals surface area contributed by atoms with E-state index in [0.29, 0.717) is 0 Å². The number of benzene rings is 4. The number of aliphatic hydroxyl groups is 1. The molecule has 4 aromatic rings. The lowest BCUT2D eigenvalue weighted by Gasteiger charge is -2.54. The van der Waals surface area contributed by atoms with Crippen molar-refractivity contribution in [2.45, 2.75) is 86.9 Å². The van der Waals surface area contributed by atoms with Crippen molar-refractivity contribution in [3.05, 3.63) is 144 Å². The van der Waals surface area contributed by atoms with Crippen LogP contribution in [0.5, 0.6) is 0 Å². The molecule has 0 aromatic heterocycles. The summed E-state index contributed by atoms with van der Waals surface area (Å²) in [5, 5.41) is 12.0. The average Bonchev–Trinajstić information content (AvgIpc) is 3.19. The summed E-state index contributed by atoms with van der Waals surface area (Å²) >= 11 is 0. The molecule has 266 valence electrons. The molecule has 5 fully saturated rings. The third-order valence-electron chi connectivity index (χ3n) is 9.92. The third-order valence-corrected chi connectivity index (χ3v) is 9.92. The van der Waals surface area contributed by atoms with E-state index in [0.717, 1.165) is 22.3 Å². The second kappa shape index (κ2) is 14.8. The summed E-state index contributed by atoms with van der Waals surface area (Å²) in [4.78, 5) is 0. The summed E-state index contributed by atoms with van der Waals surface area (Å²) < 4.78 is 65.3. The molecule has 0 saturated carbocycles. The Labute approximate surface area is 295 Å². The zero-order chi connectivity index (χ0) is 34.1. The normalized spacial score (nSPS) is 37.8. The summed E-state index contributed by atoms with van der Waals surface area (Å²) in [5.41, 5.74) is 3.41. The first kappa shape index (κ1) is 33.3. The Morgan fingerprint density at radius 1 is 0.471 bits per heavy atom. The first-order chi connectivity index (χ1) is 25.2. The first-order valence-corrected chi connectivity index (χ1v) is 17.5. The number of aliphatic hydroxyl groups excluding tert-OH is 1. The maximum Gasteiger partial charge on any atom is 0.187 e. The van der Waals surface area contributed by atoms with Crippen molar-refractivity contribution in [3.63, 3.8) is 0 Å². The van der Waals surface area contributed by atoms with E-state index in [1.807, 2.05) is 121 Å². The van der Waals surface area contributed by atoms with Crippen molar-refractivity contribution in [1.82, 2.24) is 0 Å². The number of hydrogen-bond acceptors (Lipinski definition) is 11. The zero-order valence-electron chi connectivity index (χ0n) is 27.7. The number of fused-ring (bicyclic) bond motifs is 5. The molecule has 2 unspecified atom stereocenters. The van der Waals surface area contributed by atoms with Gasteiger partial charge in [0.15, 0.2) is 31.5 Å². The minimum atomic E-state index is -1.15. The molecule has 4 aromatic carbocycles. The second-order valence-electron chi connectivity index (χ2n) is 13.3. The number of rotatable bonds is 6. The minimum absolute atomic E-state index is 0.180. The van der Waals surface area contributed by atoms with Crippen LogP contribution in [0.15, 0.2) is 121 Å².